The van der Waals surface area contributed by atoms with Crippen molar-refractivity contribution in [3.8, 4) is 23.0 Å². The van der Waals surface area contributed by atoms with E-state index in [0.717, 1.165) is 0 Å². The third kappa shape index (κ3) is 4.19. The number of hydrogen-bond donors (Lipinski definition) is 2. The molecule has 5 heteroatoms. The quantitative estimate of drug-likeness (QED) is 0.582. The van der Waals surface area contributed by atoms with E-state index in [4.69, 9.17) is 9.47 Å². The summed E-state index contributed by atoms with van der Waals surface area (Å²) < 4.78 is 10.8. The Kier molecular flexibility index (Phi) is 7.27. The van der Waals surface area contributed by atoms with Crippen LogP contribution < -0.4 is 9.47 Å². The summed E-state index contributed by atoms with van der Waals surface area (Å²) in [6, 6.07) is 9.99. The van der Waals surface area contributed by atoms with Crippen molar-refractivity contribution in [2.24, 2.45) is 0 Å². The minimum absolute atomic E-state index is 0.0994. The van der Waals surface area contributed by atoms with E-state index in [2.05, 4.69) is 13.2 Å². The van der Waals surface area contributed by atoms with Gasteiger partial charge in [-0.05, 0) is 26.0 Å². The van der Waals surface area contributed by atoms with Gasteiger partial charge in [0, 0.05) is 11.1 Å². The zero-order chi connectivity index (χ0) is 20.7. The van der Waals surface area contributed by atoms with Gasteiger partial charge in [-0.15, -0.1) is 13.2 Å². The van der Waals surface area contributed by atoms with Gasteiger partial charge in [0.05, 0.1) is 25.0 Å². The molecule has 0 heterocycles. The Bertz CT molecular complexity index is 787. The van der Waals surface area contributed by atoms with E-state index in [9.17, 15) is 15.0 Å². The molecular weight excluding hydrogens is 356 g/mol. The molecule has 2 rings (SSSR count). The highest BCUT2D eigenvalue weighted by molar-refractivity contribution is 5.96. The van der Waals surface area contributed by atoms with Gasteiger partial charge < -0.3 is 19.7 Å². The van der Waals surface area contributed by atoms with E-state index in [1.807, 2.05) is 13.8 Å². The monoisotopic (exact) mass is 382 g/mol. The molecule has 28 heavy (non-hydrogen) atoms. The van der Waals surface area contributed by atoms with Crippen molar-refractivity contribution in [3.05, 3.63) is 72.8 Å². The first-order valence-electron chi connectivity index (χ1n) is 9.18. The molecule has 0 aromatic heterocycles. The van der Waals surface area contributed by atoms with E-state index in [0.29, 0.717) is 35.8 Å². The molecule has 2 atom stereocenters. The summed E-state index contributed by atoms with van der Waals surface area (Å²) in [5, 5.41) is 21.1. The second kappa shape index (κ2) is 9.65. The lowest BCUT2D eigenvalue weighted by molar-refractivity contribution is -0.120. The molecule has 0 spiro atoms. The van der Waals surface area contributed by atoms with Gasteiger partial charge in [0.2, 0.25) is 0 Å². The summed E-state index contributed by atoms with van der Waals surface area (Å²) in [4.78, 5) is 13.3. The molecule has 2 aromatic carbocycles. The molecule has 0 saturated heterocycles. The van der Waals surface area contributed by atoms with Gasteiger partial charge in [0.15, 0.2) is 28.8 Å². The third-order valence-corrected chi connectivity index (χ3v) is 4.41. The van der Waals surface area contributed by atoms with Crippen LogP contribution in [0.4, 0.5) is 0 Å². The zero-order valence-corrected chi connectivity index (χ0v) is 16.2. The van der Waals surface area contributed by atoms with Crippen molar-refractivity contribution in [2.75, 3.05) is 13.2 Å². The Balaban J connectivity index is 2.47. The molecule has 0 amide bonds. The molecule has 0 aliphatic heterocycles. The number of ketones is 1. The summed E-state index contributed by atoms with van der Waals surface area (Å²) in [5.41, 5.74) is 0.775. The van der Waals surface area contributed by atoms with Crippen LogP contribution in [0.25, 0.3) is 0 Å². The highest BCUT2D eigenvalue weighted by Crippen LogP contribution is 2.41. The zero-order valence-electron chi connectivity index (χ0n) is 16.2. The minimum Gasteiger partial charge on any atom is -0.504 e. The van der Waals surface area contributed by atoms with Crippen LogP contribution >= 0.6 is 0 Å². The predicted molar refractivity (Wildman–Crippen MR) is 109 cm³/mol. The Morgan fingerprint density at radius 1 is 0.893 bits per heavy atom. The van der Waals surface area contributed by atoms with Crippen molar-refractivity contribution in [1.29, 1.82) is 0 Å². The second-order valence-electron chi connectivity index (χ2n) is 6.08. The number of Topliss-reactive ketones (excluding diaryl/α,β-unsaturated/α-hetero) is 1. The summed E-state index contributed by atoms with van der Waals surface area (Å²) in [6.07, 6.45) is 2.93. The molecule has 2 unspecified atom stereocenters. The molecule has 5 nitrogen and oxygen atoms in total. The van der Waals surface area contributed by atoms with Crippen molar-refractivity contribution in [3.63, 3.8) is 0 Å². The fourth-order valence-corrected chi connectivity index (χ4v) is 3.11. The maximum atomic E-state index is 13.3. The first-order chi connectivity index (χ1) is 13.5. The maximum absolute atomic E-state index is 13.3. The molecule has 0 radical (unpaired) electrons. The van der Waals surface area contributed by atoms with Gasteiger partial charge >= 0.3 is 0 Å². The molecule has 0 aliphatic carbocycles. The molecule has 2 N–H and O–H groups in total. The number of rotatable bonds is 10. The van der Waals surface area contributed by atoms with Crippen LogP contribution in [0, 0.1) is 0 Å². The van der Waals surface area contributed by atoms with Crippen LogP contribution in [0.1, 0.15) is 36.8 Å². The lowest BCUT2D eigenvalue weighted by Crippen LogP contribution is -2.18. The van der Waals surface area contributed by atoms with E-state index in [1.54, 1.807) is 36.4 Å². The van der Waals surface area contributed by atoms with Gasteiger partial charge in [0.1, 0.15) is 0 Å². The average Bonchev–Trinajstić information content (AvgIpc) is 2.69. The van der Waals surface area contributed by atoms with Gasteiger partial charge in [-0.3, -0.25) is 4.79 Å². The smallest absolute Gasteiger partial charge is 0.161 e. The SMILES string of the molecule is C=CC(C(=O)C(C=C)c1cccc(OCC)c1O)c1cccc(OCC)c1O. The van der Waals surface area contributed by atoms with Crippen molar-refractivity contribution < 1.29 is 24.5 Å². The van der Waals surface area contributed by atoms with Crippen LogP contribution in [0.3, 0.4) is 0 Å². The number of ether oxygens (including phenoxy) is 2. The molecule has 0 bridgehead atoms. The molecule has 0 fully saturated rings. The second-order valence-corrected chi connectivity index (χ2v) is 6.08. The van der Waals surface area contributed by atoms with E-state index < -0.39 is 11.8 Å². The lowest BCUT2D eigenvalue weighted by Gasteiger charge is -2.21. The molecule has 0 saturated carbocycles. The molecule has 0 aliphatic rings. The van der Waals surface area contributed by atoms with Crippen LogP contribution in [0.2, 0.25) is 0 Å². The topological polar surface area (TPSA) is 76.0 Å². The number of para-hydroxylation sites is 2. The number of phenols is 2. The highest BCUT2D eigenvalue weighted by Gasteiger charge is 2.30. The van der Waals surface area contributed by atoms with Gasteiger partial charge in [0.25, 0.3) is 0 Å². The van der Waals surface area contributed by atoms with E-state index >= 15 is 0 Å². The highest BCUT2D eigenvalue weighted by atomic mass is 16.5. The number of allylic oxidation sites excluding steroid dienone is 2. The largest absolute Gasteiger partial charge is 0.504 e. The summed E-state index contributed by atoms with van der Waals surface area (Å²) in [5.74, 6) is -1.49. The Morgan fingerprint density at radius 2 is 1.29 bits per heavy atom. The van der Waals surface area contributed by atoms with Gasteiger partial charge in [-0.2, -0.15) is 0 Å². The molecular formula is C23H26O5. The van der Waals surface area contributed by atoms with Crippen molar-refractivity contribution in [2.45, 2.75) is 25.7 Å². The average molecular weight is 382 g/mol. The Morgan fingerprint density at radius 3 is 1.61 bits per heavy atom. The number of hydrogen-bond acceptors (Lipinski definition) is 5. The van der Waals surface area contributed by atoms with Crippen LogP contribution in [0.15, 0.2) is 61.7 Å². The Hall–Kier alpha value is -3.21. The molecule has 2 aromatic rings. The van der Waals surface area contributed by atoms with Crippen LogP contribution in [0.5, 0.6) is 23.0 Å². The van der Waals surface area contributed by atoms with Gasteiger partial charge in [-0.25, -0.2) is 0 Å². The summed E-state index contributed by atoms with van der Waals surface area (Å²) in [7, 11) is 0. The lowest BCUT2D eigenvalue weighted by atomic mass is 9.83. The number of aromatic hydroxyl groups is 2. The van der Waals surface area contributed by atoms with Crippen LogP contribution in [-0.2, 0) is 4.79 Å². The normalized spacial score (nSPS) is 12.6. The van der Waals surface area contributed by atoms with Crippen LogP contribution in [-0.4, -0.2) is 29.2 Å². The first kappa shape index (κ1) is 21.1. The van der Waals surface area contributed by atoms with Crippen molar-refractivity contribution >= 4 is 5.78 Å². The fourth-order valence-electron chi connectivity index (χ4n) is 3.11. The maximum Gasteiger partial charge on any atom is 0.161 e. The summed E-state index contributed by atoms with van der Waals surface area (Å²) >= 11 is 0. The van der Waals surface area contributed by atoms with E-state index in [-0.39, 0.29) is 17.3 Å². The first-order valence-corrected chi connectivity index (χ1v) is 9.18. The standard InChI is InChI=1S/C23H26O5/c1-5-15(17-11-9-13-19(22(17)25)27-7-3)21(24)16(6-2)18-12-10-14-20(23(18)26)28-8-4/h5-6,9-16,25-26H,1-2,7-8H2,3-4H3. The molecule has 148 valence electrons. The van der Waals surface area contributed by atoms with Gasteiger partial charge in [-0.1, -0.05) is 36.4 Å². The predicted octanol–water partition coefficient (Wildman–Crippen LogP) is 4.70. The number of carbonyl (C=O) groups excluding carboxylic acids is 1. The number of benzene rings is 2. The van der Waals surface area contributed by atoms with E-state index in [1.165, 1.54) is 12.2 Å². The van der Waals surface area contributed by atoms with Crippen molar-refractivity contribution in [1.82, 2.24) is 0 Å². The number of carbonyl (C=O) groups is 1. The number of phenolic OH excluding ortho intramolecular Hbond substituents is 2. The fraction of sp³-hybridized carbons (Fsp3) is 0.261. The minimum atomic E-state index is -0.807. The third-order valence-electron chi connectivity index (χ3n) is 4.41. The summed E-state index contributed by atoms with van der Waals surface area (Å²) in [6.45, 7) is 11.9. The Labute approximate surface area is 165 Å².